The van der Waals surface area contributed by atoms with E-state index in [1.165, 1.54) is 0 Å². The van der Waals surface area contributed by atoms with Crippen LogP contribution in [0.25, 0.3) is 5.65 Å². The predicted molar refractivity (Wildman–Crippen MR) is 63.2 cm³/mol. The van der Waals surface area contributed by atoms with Crippen molar-refractivity contribution < 1.29 is 9.90 Å². The van der Waals surface area contributed by atoms with E-state index in [2.05, 4.69) is 20.5 Å². The molecule has 0 saturated heterocycles. The molecule has 0 amide bonds. The highest BCUT2D eigenvalue weighted by Crippen LogP contribution is 2.28. The van der Waals surface area contributed by atoms with Gasteiger partial charge in [-0.2, -0.15) is 0 Å². The quantitative estimate of drug-likeness (QED) is 0.833. The summed E-state index contributed by atoms with van der Waals surface area (Å²) in [6.45, 7) is 0. The summed E-state index contributed by atoms with van der Waals surface area (Å²) >= 11 is 0. The van der Waals surface area contributed by atoms with E-state index < -0.39 is 5.97 Å². The maximum atomic E-state index is 11.1. The highest BCUT2D eigenvalue weighted by atomic mass is 16.4. The molecule has 2 N–H and O–H groups in total. The second-order valence-electron chi connectivity index (χ2n) is 4.46. The lowest BCUT2D eigenvalue weighted by Gasteiger charge is -2.18. The van der Waals surface area contributed by atoms with Gasteiger partial charge in [-0.3, -0.25) is 9.20 Å². The van der Waals surface area contributed by atoms with Crippen LogP contribution in [-0.2, 0) is 4.79 Å². The lowest BCUT2D eigenvalue weighted by molar-refractivity contribution is -0.141. The Hall–Kier alpha value is -2.18. The first-order valence-electron chi connectivity index (χ1n) is 5.89. The number of carbonyl (C=O) groups is 1. The molecule has 18 heavy (non-hydrogen) atoms. The molecular weight excluding hydrogens is 234 g/mol. The van der Waals surface area contributed by atoms with Crippen molar-refractivity contribution in [2.45, 2.75) is 25.3 Å². The SMILES string of the molecule is O=C(O)[C@@H]1CCC[C@@H]1Nc1nccn2cnnc12. The number of aromatic nitrogens is 4. The third-order valence-corrected chi connectivity index (χ3v) is 3.37. The van der Waals surface area contributed by atoms with Gasteiger partial charge in [0.05, 0.1) is 5.92 Å². The van der Waals surface area contributed by atoms with Gasteiger partial charge in [0.1, 0.15) is 6.33 Å². The Bertz CT molecular complexity index is 582. The van der Waals surface area contributed by atoms with Gasteiger partial charge < -0.3 is 10.4 Å². The van der Waals surface area contributed by atoms with Gasteiger partial charge in [0.25, 0.3) is 0 Å². The Kier molecular flexibility index (Phi) is 2.58. The molecule has 7 heteroatoms. The molecule has 7 nitrogen and oxygen atoms in total. The van der Waals surface area contributed by atoms with Crippen LogP contribution in [0.3, 0.4) is 0 Å². The van der Waals surface area contributed by atoms with E-state index >= 15 is 0 Å². The lowest BCUT2D eigenvalue weighted by atomic mass is 10.0. The molecule has 0 aliphatic heterocycles. The summed E-state index contributed by atoms with van der Waals surface area (Å²) in [4.78, 5) is 15.3. The van der Waals surface area contributed by atoms with Crippen molar-refractivity contribution in [1.82, 2.24) is 19.6 Å². The number of carboxylic acids is 1. The first-order chi connectivity index (χ1) is 8.75. The summed E-state index contributed by atoms with van der Waals surface area (Å²) < 4.78 is 1.75. The molecule has 3 rings (SSSR count). The van der Waals surface area contributed by atoms with Gasteiger partial charge in [0, 0.05) is 18.4 Å². The first-order valence-corrected chi connectivity index (χ1v) is 5.89. The van der Waals surface area contributed by atoms with Crippen molar-refractivity contribution in [3.05, 3.63) is 18.7 Å². The molecule has 1 aliphatic carbocycles. The maximum absolute atomic E-state index is 11.1. The normalized spacial score (nSPS) is 23.3. The molecule has 0 radical (unpaired) electrons. The van der Waals surface area contributed by atoms with E-state index in [0.717, 1.165) is 12.8 Å². The number of fused-ring (bicyclic) bond motifs is 1. The predicted octanol–water partition coefficient (Wildman–Crippen LogP) is 0.789. The number of nitrogens with one attached hydrogen (secondary N) is 1. The molecule has 2 atom stereocenters. The molecule has 2 aromatic heterocycles. The van der Waals surface area contributed by atoms with Crippen molar-refractivity contribution in [3.63, 3.8) is 0 Å². The second kappa shape index (κ2) is 4.25. The molecule has 0 spiro atoms. The van der Waals surface area contributed by atoms with Gasteiger partial charge in [-0.15, -0.1) is 10.2 Å². The Labute approximate surface area is 103 Å². The molecule has 94 valence electrons. The Balaban J connectivity index is 1.88. The lowest BCUT2D eigenvalue weighted by Crippen LogP contribution is -2.30. The number of rotatable bonds is 3. The molecule has 0 unspecified atom stereocenters. The van der Waals surface area contributed by atoms with Gasteiger partial charge in [-0.25, -0.2) is 4.98 Å². The van der Waals surface area contributed by atoms with E-state index in [0.29, 0.717) is 17.9 Å². The molecule has 2 heterocycles. The highest BCUT2D eigenvalue weighted by Gasteiger charge is 2.33. The third kappa shape index (κ3) is 1.77. The molecule has 0 bridgehead atoms. The van der Waals surface area contributed by atoms with Crippen LogP contribution in [0.5, 0.6) is 0 Å². The summed E-state index contributed by atoms with van der Waals surface area (Å²) in [7, 11) is 0. The van der Waals surface area contributed by atoms with Gasteiger partial charge in [-0.05, 0) is 12.8 Å². The number of anilines is 1. The Morgan fingerprint density at radius 3 is 3.22 bits per heavy atom. The van der Waals surface area contributed by atoms with E-state index in [1.807, 2.05) is 0 Å². The van der Waals surface area contributed by atoms with Gasteiger partial charge in [0.15, 0.2) is 5.82 Å². The molecule has 1 aliphatic rings. The van der Waals surface area contributed by atoms with Crippen LogP contribution < -0.4 is 5.32 Å². The van der Waals surface area contributed by atoms with Crippen molar-refractivity contribution in [2.24, 2.45) is 5.92 Å². The fourth-order valence-electron chi connectivity index (χ4n) is 2.46. The minimum absolute atomic E-state index is 0.0853. The van der Waals surface area contributed by atoms with E-state index in [9.17, 15) is 4.79 Å². The van der Waals surface area contributed by atoms with Crippen LogP contribution in [0.1, 0.15) is 19.3 Å². The number of hydrogen-bond acceptors (Lipinski definition) is 5. The average Bonchev–Trinajstić information content (AvgIpc) is 2.96. The number of aliphatic carboxylic acids is 1. The zero-order valence-electron chi connectivity index (χ0n) is 9.65. The largest absolute Gasteiger partial charge is 0.481 e. The Morgan fingerprint density at radius 1 is 1.50 bits per heavy atom. The zero-order valence-corrected chi connectivity index (χ0v) is 9.65. The maximum Gasteiger partial charge on any atom is 0.308 e. The van der Waals surface area contributed by atoms with Crippen molar-refractivity contribution >= 4 is 17.4 Å². The first kappa shape index (κ1) is 10.9. The highest BCUT2D eigenvalue weighted by molar-refractivity contribution is 5.73. The van der Waals surface area contributed by atoms with Crippen LogP contribution in [0.15, 0.2) is 18.7 Å². The standard InChI is InChI=1S/C11H13N5O2/c17-11(18)7-2-1-3-8(7)14-9-10-15-13-6-16(10)5-4-12-9/h4-8H,1-3H2,(H,12,14)(H,17,18)/t7-,8+/m1/s1. The van der Waals surface area contributed by atoms with E-state index in [4.69, 9.17) is 5.11 Å². The third-order valence-electron chi connectivity index (χ3n) is 3.37. The minimum Gasteiger partial charge on any atom is -0.481 e. The summed E-state index contributed by atoms with van der Waals surface area (Å²) in [5, 5.41) is 20.1. The van der Waals surface area contributed by atoms with E-state index in [-0.39, 0.29) is 12.0 Å². The van der Waals surface area contributed by atoms with Crippen LogP contribution >= 0.6 is 0 Å². The van der Waals surface area contributed by atoms with Gasteiger partial charge >= 0.3 is 5.97 Å². The summed E-state index contributed by atoms with van der Waals surface area (Å²) in [6.07, 6.45) is 7.46. The van der Waals surface area contributed by atoms with Crippen LogP contribution in [-0.4, -0.2) is 36.7 Å². The van der Waals surface area contributed by atoms with Crippen LogP contribution in [0, 0.1) is 5.92 Å². The topological polar surface area (TPSA) is 92.4 Å². The van der Waals surface area contributed by atoms with E-state index in [1.54, 1.807) is 23.1 Å². The molecule has 2 aromatic rings. The fourth-order valence-corrected chi connectivity index (χ4v) is 2.46. The Morgan fingerprint density at radius 2 is 2.39 bits per heavy atom. The monoisotopic (exact) mass is 247 g/mol. The van der Waals surface area contributed by atoms with Gasteiger partial charge in [-0.1, -0.05) is 6.42 Å². The van der Waals surface area contributed by atoms with Crippen LogP contribution in [0.4, 0.5) is 5.82 Å². The van der Waals surface area contributed by atoms with Gasteiger partial charge in [0.2, 0.25) is 5.65 Å². The average molecular weight is 247 g/mol. The fraction of sp³-hybridized carbons (Fsp3) is 0.455. The molecule has 1 saturated carbocycles. The number of carboxylic acid groups (broad SMARTS) is 1. The van der Waals surface area contributed by atoms with Crippen LogP contribution in [0.2, 0.25) is 0 Å². The molecular formula is C11H13N5O2. The smallest absolute Gasteiger partial charge is 0.308 e. The van der Waals surface area contributed by atoms with Crippen molar-refractivity contribution in [2.75, 3.05) is 5.32 Å². The second-order valence-corrected chi connectivity index (χ2v) is 4.46. The summed E-state index contributed by atoms with van der Waals surface area (Å²) in [5.74, 6) is -0.512. The zero-order chi connectivity index (χ0) is 12.5. The summed E-state index contributed by atoms with van der Waals surface area (Å²) in [5.41, 5.74) is 0.619. The molecule has 1 fully saturated rings. The van der Waals surface area contributed by atoms with Crippen molar-refractivity contribution in [1.29, 1.82) is 0 Å². The molecule has 0 aromatic carbocycles. The van der Waals surface area contributed by atoms with Crippen molar-refractivity contribution in [3.8, 4) is 0 Å². The summed E-state index contributed by atoms with van der Waals surface area (Å²) in [6, 6.07) is -0.0853. The number of hydrogen-bond donors (Lipinski definition) is 2. The minimum atomic E-state index is -0.751. The number of nitrogens with zero attached hydrogens (tertiary/aromatic N) is 4.